The molecule has 0 amide bonds. The van der Waals surface area contributed by atoms with Crippen LogP contribution in [-0.2, 0) is 9.53 Å². The number of hydrogen-bond acceptors (Lipinski definition) is 8. The number of esters is 1. The van der Waals surface area contributed by atoms with E-state index >= 15 is 0 Å². The van der Waals surface area contributed by atoms with Gasteiger partial charge in [-0.25, -0.2) is 9.97 Å². The fraction of sp³-hybridized carbons (Fsp3) is 0.448. The maximum absolute atomic E-state index is 12.4. The largest absolute Gasteiger partial charge is 0.506 e. The molecule has 3 heterocycles. The highest BCUT2D eigenvalue weighted by molar-refractivity contribution is 6.41. The summed E-state index contributed by atoms with van der Waals surface area (Å²) in [6.45, 7) is 9.62. The Morgan fingerprint density at radius 3 is 2.60 bits per heavy atom. The van der Waals surface area contributed by atoms with Gasteiger partial charge in [-0.1, -0.05) is 43.5 Å². The fourth-order valence-electron chi connectivity index (χ4n) is 5.04. The van der Waals surface area contributed by atoms with E-state index < -0.39 is 5.60 Å². The lowest BCUT2D eigenvalue weighted by Gasteiger charge is -2.24. The molecule has 0 spiro atoms. The number of ether oxygens (including phenoxy) is 2. The Bertz CT molecular complexity index is 1530. The number of rotatable bonds is 6. The predicted molar refractivity (Wildman–Crippen MR) is 159 cm³/mol. The van der Waals surface area contributed by atoms with E-state index in [0.717, 1.165) is 24.6 Å². The van der Waals surface area contributed by atoms with E-state index in [-0.39, 0.29) is 33.7 Å². The lowest BCUT2D eigenvalue weighted by molar-refractivity contribution is -0.156. The highest BCUT2D eigenvalue weighted by atomic mass is 35.5. The van der Waals surface area contributed by atoms with Crippen LogP contribution in [0.3, 0.4) is 0 Å². The number of carbonyl (C=O) groups excluding carboxylic acids is 1. The number of halogens is 2. The van der Waals surface area contributed by atoms with Gasteiger partial charge in [0.05, 0.1) is 23.6 Å². The number of nitrogens with zero attached hydrogens (tertiary/aromatic N) is 4. The number of aromatic hydroxyl groups is 1. The second kappa shape index (κ2) is 12.1. The standard InChI is InChI=1S/C27H29Cl2N5O4.C2H6/c1-27(2,3)38-20(36)11-14-6-5-7-17(14)32-26-31-13-15-10-16(25-30-8-9-34(25)24(15)33-26)21-22(28)18(35)12-19(37-4)23(21)29;1-2/h8-10,12-14,17,35H,5-7,11H2,1-4H3,(H,31,32,33);1-2H3. The Morgan fingerprint density at radius 1 is 1.15 bits per heavy atom. The number of hydrogen-bond donors (Lipinski definition) is 2. The van der Waals surface area contributed by atoms with E-state index in [9.17, 15) is 9.90 Å². The maximum atomic E-state index is 12.4. The topological polar surface area (TPSA) is 111 Å². The van der Waals surface area contributed by atoms with Crippen LogP contribution in [0.5, 0.6) is 11.5 Å². The van der Waals surface area contributed by atoms with Crippen LogP contribution in [0.25, 0.3) is 27.8 Å². The number of fused-ring (bicyclic) bond motifs is 3. The molecule has 2 atom stereocenters. The van der Waals surface area contributed by atoms with Gasteiger partial charge >= 0.3 is 5.97 Å². The second-order valence-corrected chi connectivity index (χ2v) is 11.2. The van der Waals surface area contributed by atoms with E-state index in [1.165, 1.54) is 13.2 Å². The Hall–Kier alpha value is -3.30. The molecule has 0 bridgehead atoms. The van der Waals surface area contributed by atoms with Crippen molar-refractivity contribution in [3.8, 4) is 22.6 Å². The Kier molecular flexibility index (Phi) is 8.95. The first-order chi connectivity index (χ1) is 19.1. The third-order valence-electron chi connectivity index (χ3n) is 6.67. The molecule has 0 aliphatic heterocycles. The molecular weight excluding hydrogens is 553 g/mol. The molecule has 5 rings (SSSR count). The number of methoxy groups -OCH3 is 1. The Labute approximate surface area is 243 Å². The summed E-state index contributed by atoms with van der Waals surface area (Å²) in [6.07, 6.45) is 8.39. The smallest absolute Gasteiger partial charge is 0.306 e. The number of anilines is 1. The molecule has 9 nitrogen and oxygen atoms in total. The van der Waals surface area contributed by atoms with Crippen molar-refractivity contribution in [2.45, 2.75) is 71.9 Å². The van der Waals surface area contributed by atoms with Gasteiger partial charge in [0.25, 0.3) is 0 Å². The molecule has 0 saturated heterocycles. The Balaban J connectivity index is 0.00000181. The molecule has 11 heteroatoms. The molecule has 2 N–H and O–H groups in total. The summed E-state index contributed by atoms with van der Waals surface area (Å²) in [6, 6.07) is 3.28. The SMILES string of the molecule is CC.COc1cc(O)c(Cl)c(-c2cc3cnc(NC4CCCC4CC(=O)OC(C)(C)C)nc3n3ccnc23)c1Cl. The van der Waals surface area contributed by atoms with E-state index in [4.69, 9.17) is 37.7 Å². The number of nitrogens with one attached hydrogen (secondary N) is 1. The molecule has 1 aliphatic rings. The van der Waals surface area contributed by atoms with Gasteiger partial charge in [-0.15, -0.1) is 0 Å². The van der Waals surface area contributed by atoms with Crippen LogP contribution in [0.4, 0.5) is 5.95 Å². The van der Waals surface area contributed by atoms with Crippen molar-refractivity contribution < 1.29 is 19.4 Å². The average molecular weight is 589 g/mol. The van der Waals surface area contributed by atoms with Gasteiger partial charge in [0, 0.05) is 47.2 Å². The van der Waals surface area contributed by atoms with Crippen LogP contribution in [0, 0.1) is 5.92 Å². The van der Waals surface area contributed by atoms with Gasteiger partial charge in [-0.3, -0.25) is 9.20 Å². The van der Waals surface area contributed by atoms with Crippen LogP contribution < -0.4 is 10.1 Å². The maximum Gasteiger partial charge on any atom is 0.306 e. The molecule has 1 aliphatic carbocycles. The molecule has 1 fully saturated rings. The van der Waals surface area contributed by atoms with Crippen molar-refractivity contribution in [2.24, 2.45) is 5.92 Å². The fourth-order valence-corrected chi connectivity index (χ4v) is 5.67. The molecule has 0 radical (unpaired) electrons. The minimum Gasteiger partial charge on any atom is -0.506 e. The van der Waals surface area contributed by atoms with Crippen LogP contribution in [0.15, 0.2) is 30.7 Å². The number of carbonyl (C=O) groups is 1. The first-order valence-corrected chi connectivity index (χ1v) is 14.2. The van der Waals surface area contributed by atoms with Crippen LogP contribution in [0.1, 0.15) is 60.3 Å². The predicted octanol–water partition coefficient (Wildman–Crippen LogP) is 7.30. The van der Waals surface area contributed by atoms with Gasteiger partial charge in [0.2, 0.25) is 5.95 Å². The monoisotopic (exact) mass is 587 g/mol. The zero-order valence-corrected chi connectivity index (χ0v) is 25.1. The molecule has 4 aromatic rings. The summed E-state index contributed by atoms with van der Waals surface area (Å²) in [5.74, 6) is 0.563. The highest BCUT2D eigenvalue weighted by Gasteiger charge is 2.31. The third kappa shape index (κ3) is 6.05. The number of aromatic nitrogens is 4. The molecule has 214 valence electrons. The zero-order valence-electron chi connectivity index (χ0n) is 23.6. The highest BCUT2D eigenvalue weighted by Crippen LogP contribution is 2.47. The average Bonchev–Trinajstić information content (AvgIpc) is 3.57. The number of imidazole rings is 1. The summed E-state index contributed by atoms with van der Waals surface area (Å²) in [5.41, 5.74) is 1.69. The van der Waals surface area contributed by atoms with Crippen LogP contribution in [0.2, 0.25) is 10.0 Å². The molecule has 1 saturated carbocycles. The number of phenolic OH excluding ortho intramolecular Hbond substituents is 1. The minimum atomic E-state index is -0.507. The summed E-state index contributed by atoms with van der Waals surface area (Å²) >= 11 is 13.1. The first-order valence-electron chi connectivity index (χ1n) is 13.4. The van der Waals surface area contributed by atoms with E-state index in [0.29, 0.717) is 40.5 Å². The summed E-state index contributed by atoms with van der Waals surface area (Å²) in [4.78, 5) is 26.3. The second-order valence-electron chi connectivity index (χ2n) is 10.5. The quantitative estimate of drug-likeness (QED) is 0.226. The van der Waals surface area contributed by atoms with Gasteiger partial charge in [0.1, 0.15) is 22.7 Å². The first kappa shape index (κ1) is 29.7. The van der Waals surface area contributed by atoms with Crippen molar-refractivity contribution in [1.82, 2.24) is 19.4 Å². The lowest BCUT2D eigenvalue weighted by Crippen LogP contribution is -2.30. The minimum absolute atomic E-state index is 0.0647. The van der Waals surface area contributed by atoms with Gasteiger partial charge in [-0.2, -0.15) is 4.98 Å². The van der Waals surface area contributed by atoms with E-state index in [1.54, 1.807) is 18.6 Å². The van der Waals surface area contributed by atoms with Crippen molar-refractivity contribution in [3.05, 3.63) is 40.8 Å². The van der Waals surface area contributed by atoms with E-state index in [2.05, 4.69) is 15.3 Å². The van der Waals surface area contributed by atoms with Crippen LogP contribution in [-0.4, -0.2) is 49.2 Å². The van der Waals surface area contributed by atoms with E-state index in [1.807, 2.05) is 45.1 Å². The normalized spacial score (nSPS) is 17.0. The number of benzene rings is 1. The van der Waals surface area contributed by atoms with Crippen molar-refractivity contribution in [1.29, 1.82) is 0 Å². The van der Waals surface area contributed by atoms with Gasteiger partial charge in [0.15, 0.2) is 5.65 Å². The molecule has 3 aromatic heterocycles. The summed E-state index contributed by atoms with van der Waals surface area (Å²) in [5, 5.41) is 14.9. The van der Waals surface area contributed by atoms with Crippen molar-refractivity contribution >= 4 is 51.8 Å². The molecule has 40 heavy (non-hydrogen) atoms. The van der Waals surface area contributed by atoms with Gasteiger partial charge < -0.3 is 19.9 Å². The zero-order chi connectivity index (χ0) is 29.2. The van der Waals surface area contributed by atoms with Crippen LogP contribution >= 0.6 is 23.2 Å². The summed E-state index contributed by atoms with van der Waals surface area (Å²) in [7, 11) is 1.47. The molecule has 1 aromatic carbocycles. The number of pyridine rings is 1. The lowest BCUT2D eigenvalue weighted by atomic mass is 9.99. The van der Waals surface area contributed by atoms with Crippen molar-refractivity contribution in [3.63, 3.8) is 0 Å². The molecular formula is C29H35Cl2N5O4. The Morgan fingerprint density at radius 2 is 1.90 bits per heavy atom. The molecule has 2 unspecified atom stereocenters. The summed E-state index contributed by atoms with van der Waals surface area (Å²) < 4.78 is 12.7. The van der Waals surface area contributed by atoms with Crippen molar-refractivity contribution in [2.75, 3.05) is 12.4 Å². The van der Waals surface area contributed by atoms with Gasteiger partial charge in [-0.05, 0) is 45.6 Å². The third-order valence-corrected chi connectivity index (χ3v) is 7.42. The number of phenols is 1.